The SMILES string of the molecule is CNC(=O)Nc1ccc2cc(/C=N\N)ccc2c1. The predicted molar refractivity (Wildman–Crippen MR) is 73.8 cm³/mol. The summed E-state index contributed by atoms with van der Waals surface area (Å²) in [4.78, 5) is 11.2. The Labute approximate surface area is 105 Å². The van der Waals surface area contributed by atoms with Crippen molar-refractivity contribution in [3.05, 3.63) is 42.0 Å². The molecule has 0 bridgehead atoms. The number of amides is 2. The maximum atomic E-state index is 11.2. The van der Waals surface area contributed by atoms with E-state index in [9.17, 15) is 4.79 Å². The maximum Gasteiger partial charge on any atom is 0.318 e. The molecular formula is C13H14N4O. The molecule has 2 aromatic carbocycles. The van der Waals surface area contributed by atoms with E-state index in [0.29, 0.717) is 0 Å². The molecule has 0 heterocycles. The lowest BCUT2D eigenvalue weighted by Gasteiger charge is -2.06. The van der Waals surface area contributed by atoms with E-state index in [2.05, 4.69) is 15.7 Å². The molecule has 18 heavy (non-hydrogen) atoms. The van der Waals surface area contributed by atoms with E-state index in [1.807, 2.05) is 36.4 Å². The zero-order chi connectivity index (χ0) is 13.0. The summed E-state index contributed by atoms with van der Waals surface area (Å²) in [5, 5.41) is 10.8. The standard InChI is InChI=1S/C13H14N4O/c1-15-13(18)17-12-5-4-10-6-9(8-16-14)2-3-11(10)7-12/h2-8H,14H2,1H3,(H2,15,17,18)/b16-8-. The number of carbonyl (C=O) groups excluding carboxylic acids is 1. The third kappa shape index (κ3) is 2.57. The number of nitrogens with two attached hydrogens (primary N) is 1. The van der Waals surface area contributed by atoms with Crippen molar-refractivity contribution in [2.45, 2.75) is 0 Å². The normalized spacial score (nSPS) is 10.7. The number of carbonyl (C=O) groups is 1. The third-order valence-electron chi connectivity index (χ3n) is 2.57. The molecule has 0 fully saturated rings. The molecule has 0 aromatic heterocycles. The van der Waals surface area contributed by atoms with Gasteiger partial charge in [-0.2, -0.15) is 5.10 Å². The van der Waals surface area contributed by atoms with E-state index < -0.39 is 0 Å². The highest BCUT2D eigenvalue weighted by Crippen LogP contribution is 2.20. The van der Waals surface area contributed by atoms with Gasteiger partial charge < -0.3 is 16.5 Å². The molecule has 0 aliphatic carbocycles. The number of rotatable bonds is 2. The van der Waals surface area contributed by atoms with Crippen molar-refractivity contribution < 1.29 is 4.79 Å². The number of fused-ring (bicyclic) bond motifs is 1. The Balaban J connectivity index is 2.35. The van der Waals surface area contributed by atoms with Crippen LogP contribution in [0.1, 0.15) is 5.56 Å². The number of hydrogen-bond donors (Lipinski definition) is 3. The number of nitrogens with one attached hydrogen (secondary N) is 2. The number of urea groups is 1. The van der Waals surface area contributed by atoms with Gasteiger partial charge in [-0.3, -0.25) is 0 Å². The Bertz CT molecular complexity index is 607. The van der Waals surface area contributed by atoms with Crippen LogP contribution in [0.3, 0.4) is 0 Å². The molecule has 0 unspecified atom stereocenters. The van der Waals surface area contributed by atoms with Crippen molar-refractivity contribution in [3.8, 4) is 0 Å². The monoisotopic (exact) mass is 242 g/mol. The molecule has 0 saturated heterocycles. The van der Waals surface area contributed by atoms with Gasteiger partial charge in [0.05, 0.1) is 6.21 Å². The topological polar surface area (TPSA) is 79.5 Å². The molecule has 0 aliphatic rings. The lowest BCUT2D eigenvalue weighted by Crippen LogP contribution is -2.24. The van der Waals surface area contributed by atoms with Crippen LogP contribution in [0.2, 0.25) is 0 Å². The van der Waals surface area contributed by atoms with Gasteiger partial charge in [0, 0.05) is 12.7 Å². The van der Waals surface area contributed by atoms with Crippen LogP contribution < -0.4 is 16.5 Å². The van der Waals surface area contributed by atoms with Crippen LogP contribution >= 0.6 is 0 Å². The van der Waals surface area contributed by atoms with Crippen molar-refractivity contribution in [3.63, 3.8) is 0 Å². The van der Waals surface area contributed by atoms with E-state index in [4.69, 9.17) is 5.84 Å². The number of benzene rings is 2. The highest BCUT2D eigenvalue weighted by Gasteiger charge is 2.00. The zero-order valence-corrected chi connectivity index (χ0v) is 9.97. The Morgan fingerprint density at radius 2 is 1.94 bits per heavy atom. The number of nitrogens with zero attached hydrogens (tertiary/aromatic N) is 1. The van der Waals surface area contributed by atoms with Crippen molar-refractivity contribution in [2.75, 3.05) is 12.4 Å². The third-order valence-corrected chi connectivity index (χ3v) is 2.57. The lowest BCUT2D eigenvalue weighted by atomic mass is 10.1. The molecular weight excluding hydrogens is 228 g/mol. The van der Waals surface area contributed by atoms with Crippen molar-refractivity contribution in [1.82, 2.24) is 5.32 Å². The fourth-order valence-corrected chi connectivity index (χ4v) is 1.70. The first kappa shape index (κ1) is 11.9. The van der Waals surface area contributed by atoms with E-state index in [0.717, 1.165) is 22.0 Å². The summed E-state index contributed by atoms with van der Waals surface area (Å²) in [7, 11) is 1.58. The molecule has 0 radical (unpaired) electrons. The Hall–Kier alpha value is -2.56. The maximum absolute atomic E-state index is 11.2. The van der Waals surface area contributed by atoms with Gasteiger partial charge in [0.2, 0.25) is 0 Å². The summed E-state index contributed by atoms with van der Waals surface area (Å²) in [5.41, 5.74) is 1.69. The summed E-state index contributed by atoms with van der Waals surface area (Å²) in [6.45, 7) is 0. The molecule has 2 aromatic rings. The molecule has 5 heteroatoms. The van der Waals surface area contributed by atoms with Crippen LogP contribution in [0.4, 0.5) is 10.5 Å². The minimum Gasteiger partial charge on any atom is -0.341 e. The van der Waals surface area contributed by atoms with Gasteiger partial charge in [-0.15, -0.1) is 0 Å². The smallest absolute Gasteiger partial charge is 0.318 e. The van der Waals surface area contributed by atoms with Gasteiger partial charge in [-0.25, -0.2) is 4.79 Å². The van der Waals surface area contributed by atoms with E-state index in [1.54, 1.807) is 13.3 Å². The van der Waals surface area contributed by atoms with E-state index >= 15 is 0 Å². The highest BCUT2D eigenvalue weighted by atomic mass is 16.2. The fourth-order valence-electron chi connectivity index (χ4n) is 1.70. The molecule has 2 rings (SSSR count). The van der Waals surface area contributed by atoms with Crippen molar-refractivity contribution in [2.24, 2.45) is 10.9 Å². The molecule has 0 saturated carbocycles. The van der Waals surface area contributed by atoms with Crippen LogP contribution in [-0.4, -0.2) is 19.3 Å². The van der Waals surface area contributed by atoms with Crippen LogP contribution in [-0.2, 0) is 0 Å². The second-order valence-corrected chi connectivity index (χ2v) is 3.80. The number of hydrazone groups is 1. The molecule has 4 N–H and O–H groups in total. The van der Waals surface area contributed by atoms with Crippen molar-refractivity contribution >= 4 is 28.7 Å². The number of anilines is 1. The first-order valence-electron chi connectivity index (χ1n) is 5.49. The van der Waals surface area contributed by atoms with Gasteiger partial charge in [-0.05, 0) is 34.5 Å². The van der Waals surface area contributed by atoms with Crippen LogP contribution in [0.25, 0.3) is 10.8 Å². The first-order chi connectivity index (χ1) is 8.72. The van der Waals surface area contributed by atoms with Gasteiger partial charge in [-0.1, -0.05) is 18.2 Å². The van der Waals surface area contributed by atoms with Gasteiger partial charge >= 0.3 is 6.03 Å². The van der Waals surface area contributed by atoms with Gasteiger partial charge in [0.15, 0.2) is 0 Å². The quantitative estimate of drug-likeness (QED) is 0.427. The zero-order valence-electron chi connectivity index (χ0n) is 9.97. The Morgan fingerprint density at radius 3 is 2.67 bits per heavy atom. The molecule has 92 valence electrons. The predicted octanol–water partition coefficient (Wildman–Crippen LogP) is 1.88. The first-order valence-corrected chi connectivity index (χ1v) is 5.49. The van der Waals surface area contributed by atoms with Gasteiger partial charge in [0.1, 0.15) is 0 Å². The summed E-state index contributed by atoms with van der Waals surface area (Å²) in [6.07, 6.45) is 1.59. The van der Waals surface area contributed by atoms with E-state index in [-0.39, 0.29) is 6.03 Å². The van der Waals surface area contributed by atoms with Crippen LogP contribution in [0.15, 0.2) is 41.5 Å². The average Bonchev–Trinajstić information content (AvgIpc) is 2.39. The molecule has 0 aliphatic heterocycles. The summed E-state index contributed by atoms with van der Waals surface area (Å²) < 4.78 is 0. The van der Waals surface area contributed by atoms with E-state index in [1.165, 1.54) is 0 Å². The minimum atomic E-state index is -0.235. The fraction of sp³-hybridized carbons (Fsp3) is 0.0769. The van der Waals surface area contributed by atoms with Gasteiger partial charge in [0.25, 0.3) is 0 Å². The highest BCUT2D eigenvalue weighted by molar-refractivity contribution is 5.95. The lowest BCUT2D eigenvalue weighted by molar-refractivity contribution is 0.254. The average molecular weight is 242 g/mol. The minimum absolute atomic E-state index is 0.235. The second-order valence-electron chi connectivity index (χ2n) is 3.80. The molecule has 0 spiro atoms. The van der Waals surface area contributed by atoms with Crippen molar-refractivity contribution in [1.29, 1.82) is 0 Å². The van der Waals surface area contributed by atoms with Crippen LogP contribution in [0, 0.1) is 0 Å². The number of hydrogen-bond acceptors (Lipinski definition) is 3. The Kier molecular flexibility index (Phi) is 3.43. The largest absolute Gasteiger partial charge is 0.341 e. The summed E-state index contributed by atoms with van der Waals surface area (Å²) >= 11 is 0. The second kappa shape index (κ2) is 5.18. The summed E-state index contributed by atoms with van der Waals surface area (Å²) in [6, 6.07) is 11.3. The molecule has 0 atom stereocenters. The molecule has 5 nitrogen and oxygen atoms in total. The summed E-state index contributed by atoms with van der Waals surface area (Å²) in [5.74, 6) is 5.11. The van der Waals surface area contributed by atoms with Crippen LogP contribution in [0.5, 0.6) is 0 Å². The Morgan fingerprint density at radius 1 is 1.22 bits per heavy atom. The molecule has 2 amide bonds.